The summed E-state index contributed by atoms with van der Waals surface area (Å²) in [7, 11) is 0. The molecule has 0 fully saturated rings. The van der Waals surface area contributed by atoms with E-state index >= 15 is 0 Å². The average Bonchev–Trinajstić information content (AvgIpc) is 3.51. The van der Waals surface area contributed by atoms with Crippen LogP contribution in [0, 0.1) is 0 Å². The van der Waals surface area contributed by atoms with E-state index in [-0.39, 0.29) is 30.7 Å². The summed E-state index contributed by atoms with van der Waals surface area (Å²) in [5, 5.41) is 16.9. The standard InChI is InChI=1S/C22H19BrN6O3S2/c23-15-6-8-16(9-7-15)29-18(12-25-19(30)13-32-17-4-2-1-3-5-17)27-28-22(29)34-14-20(31)26-21-24-10-11-33-21/h1-11H,12-14H2,(H,25,30)(H,24,26,31). The van der Waals surface area contributed by atoms with Gasteiger partial charge in [0.15, 0.2) is 22.7 Å². The fourth-order valence-corrected chi connectivity index (χ4v) is 4.40. The van der Waals surface area contributed by atoms with E-state index in [9.17, 15) is 9.59 Å². The number of para-hydroxylation sites is 1. The van der Waals surface area contributed by atoms with E-state index in [1.54, 1.807) is 23.7 Å². The van der Waals surface area contributed by atoms with Crippen molar-refractivity contribution in [1.82, 2.24) is 25.1 Å². The number of thioether (sulfide) groups is 1. The quantitative estimate of drug-likeness (QED) is 0.284. The van der Waals surface area contributed by atoms with Crippen LogP contribution >= 0.6 is 39.0 Å². The molecule has 0 aliphatic carbocycles. The first-order valence-corrected chi connectivity index (χ1v) is 12.7. The summed E-state index contributed by atoms with van der Waals surface area (Å²) in [6, 6.07) is 16.7. The second-order valence-electron chi connectivity index (χ2n) is 6.76. The molecule has 0 aliphatic rings. The van der Waals surface area contributed by atoms with E-state index in [4.69, 9.17) is 4.74 Å². The highest BCUT2D eigenvalue weighted by molar-refractivity contribution is 9.10. The van der Waals surface area contributed by atoms with Crippen LogP contribution in [0.25, 0.3) is 5.69 Å². The number of carbonyl (C=O) groups excluding carboxylic acids is 2. The van der Waals surface area contributed by atoms with E-state index < -0.39 is 0 Å². The van der Waals surface area contributed by atoms with Crippen LogP contribution in [0.3, 0.4) is 0 Å². The minimum absolute atomic E-state index is 0.116. The van der Waals surface area contributed by atoms with Gasteiger partial charge in [-0.25, -0.2) is 4.98 Å². The molecule has 2 amide bonds. The summed E-state index contributed by atoms with van der Waals surface area (Å²) in [6.07, 6.45) is 1.63. The van der Waals surface area contributed by atoms with Crippen molar-refractivity contribution in [1.29, 1.82) is 0 Å². The Hall–Kier alpha value is -3.22. The monoisotopic (exact) mass is 558 g/mol. The number of aromatic nitrogens is 4. The molecular weight excluding hydrogens is 540 g/mol. The van der Waals surface area contributed by atoms with E-state index in [1.807, 2.05) is 47.0 Å². The zero-order valence-electron chi connectivity index (χ0n) is 17.7. The molecule has 9 nitrogen and oxygen atoms in total. The predicted molar refractivity (Wildman–Crippen MR) is 134 cm³/mol. The smallest absolute Gasteiger partial charge is 0.258 e. The number of anilines is 1. The number of carbonyl (C=O) groups is 2. The second-order valence-corrected chi connectivity index (χ2v) is 9.52. The lowest BCUT2D eigenvalue weighted by Gasteiger charge is -2.11. The third kappa shape index (κ3) is 6.65. The van der Waals surface area contributed by atoms with Crippen molar-refractivity contribution in [2.75, 3.05) is 17.7 Å². The maximum atomic E-state index is 12.3. The van der Waals surface area contributed by atoms with Crippen molar-refractivity contribution in [3.8, 4) is 11.4 Å². The Morgan fingerprint density at radius 2 is 1.85 bits per heavy atom. The predicted octanol–water partition coefficient (Wildman–Crippen LogP) is 3.91. The molecule has 0 bridgehead atoms. The van der Waals surface area contributed by atoms with Crippen LogP contribution in [0.1, 0.15) is 5.82 Å². The van der Waals surface area contributed by atoms with Gasteiger partial charge in [0.25, 0.3) is 5.91 Å². The summed E-state index contributed by atoms with van der Waals surface area (Å²) < 4.78 is 8.22. The number of thiazole rings is 1. The Kier molecular flexibility index (Phi) is 8.28. The maximum Gasteiger partial charge on any atom is 0.258 e. The van der Waals surface area contributed by atoms with Gasteiger partial charge in [0, 0.05) is 21.7 Å². The van der Waals surface area contributed by atoms with Crippen LogP contribution in [-0.4, -0.2) is 43.9 Å². The molecule has 4 aromatic rings. The zero-order valence-corrected chi connectivity index (χ0v) is 20.9. The zero-order chi connectivity index (χ0) is 23.8. The topological polar surface area (TPSA) is 111 Å². The molecule has 0 unspecified atom stereocenters. The molecule has 2 N–H and O–H groups in total. The minimum Gasteiger partial charge on any atom is -0.484 e. The van der Waals surface area contributed by atoms with Crippen LogP contribution in [0.15, 0.2) is 75.8 Å². The fourth-order valence-electron chi connectivity index (χ4n) is 2.82. The molecule has 0 aliphatic heterocycles. The molecule has 34 heavy (non-hydrogen) atoms. The van der Waals surface area contributed by atoms with Crippen LogP contribution in [0.2, 0.25) is 0 Å². The lowest BCUT2D eigenvalue weighted by molar-refractivity contribution is -0.123. The van der Waals surface area contributed by atoms with Gasteiger partial charge >= 0.3 is 0 Å². The van der Waals surface area contributed by atoms with Gasteiger partial charge < -0.3 is 15.4 Å². The first-order valence-electron chi connectivity index (χ1n) is 10.1. The Morgan fingerprint density at radius 1 is 1.06 bits per heavy atom. The number of hydrogen-bond donors (Lipinski definition) is 2. The van der Waals surface area contributed by atoms with E-state index in [0.717, 1.165) is 10.2 Å². The number of ether oxygens (including phenoxy) is 1. The molecule has 4 rings (SSSR count). The Labute approximate surface area is 212 Å². The van der Waals surface area contributed by atoms with E-state index in [2.05, 4.69) is 41.7 Å². The van der Waals surface area contributed by atoms with Gasteiger partial charge in [-0.15, -0.1) is 21.5 Å². The molecule has 12 heteroatoms. The van der Waals surface area contributed by atoms with Crippen LogP contribution in [-0.2, 0) is 16.1 Å². The van der Waals surface area contributed by atoms with Crippen molar-refractivity contribution < 1.29 is 14.3 Å². The normalized spacial score (nSPS) is 10.6. The van der Waals surface area contributed by atoms with Crippen molar-refractivity contribution in [2.24, 2.45) is 0 Å². The number of benzene rings is 2. The second kappa shape index (κ2) is 11.8. The van der Waals surface area contributed by atoms with Gasteiger partial charge in [0.1, 0.15) is 5.75 Å². The van der Waals surface area contributed by atoms with Crippen molar-refractivity contribution in [3.63, 3.8) is 0 Å². The Bertz CT molecular complexity index is 1230. The van der Waals surface area contributed by atoms with Crippen molar-refractivity contribution in [3.05, 3.63) is 76.5 Å². The van der Waals surface area contributed by atoms with Crippen LogP contribution in [0.5, 0.6) is 5.75 Å². The largest absolute Gasteiger partial charge is 0.484 e. The van der Waals surface area contributed by atoms with Gasteiger partial charge in [0.2, 0.25) is 5.91 Å². The molecule has 0 saturated carbocycles. The SMILES string of the molecule is O=C(COc1ccccc1)NCc1nnc(SCC(=O)Nc2nccs2)n1-c1ccc(Br)cc1. The van der Waals surface area contributed by atoms with E-state index in [0.29, 0.717) is 21.9 Å². The van der Waals surface area contributed by atoms with Crippen LogP contribution in [0.4, 0.5) is 5.13 Å². The summed E-state index contributed by atoms with van der Waals surface area (Å²) in [5.74, 6) is 0.791. The molecule has 0 atom stereocenters. The minimum atomic E-state index is -0.286. The molecule has 2 aromatic carbocycles. The number of amides is 2. The third-order valence-corrected chi connectivity index (χ3v) is 6.50. The molecule has 174 valence electrons. The summed E-state index contributed by atoms with van der Waals surface area (Å²) in [5.41, 5.74) is 0.806. The number of nitrogens with one attached hydrogen (secondary N) is 2. The lowest BCUT2D eigenvalue weighted by atomic mass is 10.3. The molecule has 0 spiro atoms. The summed E-state index contributed by atoms with van der Waals surface area (Å²) in [4.78, 5) is 28.6. The summed E-state index contributed by atoms with van der Waals surface area (Å²) in [6.45, 7) is 0.0287. The molecule has 2 heterocycles. The molecule has 0 radical (unpaired) electrons. The first kappa shape index (κ1) is 23.9. The lowest BCUT2D eigenvalue weighted by Crippen LogP contribution is -2.29. The molecule has 2 aromatic heterocycles. The van der Waals surface area contributed by atoms with Crippen LogP contribution < -0.4 is 15.4 Å². The van der Waals surface area contributed by atoms with Crippen molar-refractivity contribution >= 4 is 56.0 Å². The highest BCUT2D eigenvalue weighted by atomic mass is 79.9. The summed E-state index contributed by atoms with van der Waals surface area (Å²) >= 11 is 6.03. The maximum absolute atomic E-state index is 12.3. The number of rotatable bonds is 10. The molecule has 0 saturated heterocycles. The first-order chi connectivity index (χ1) is 16.6. The third-order valence-electron chi connectivity index (χ3n) is 4.35. The highest BCUT2D eigenvalue weighted by Gasteiger charge is 2.17. The fraction of sp³-hybridized carbons (Fsp3) is 0.136. The molecular formula is C22H19BrN6O3S2. The van der Waals surface area contributed by atoms with E-state index in [1.165, 1.54) is 23.1 Å². The number of nitrogens with zero attached hydrogens (tertiary/aromatic N) is 4. The van der Waals surface area contributed by atoms with Gasteiger partial charge in [-0.1, -0.05) is 45.9 Å². The van der Waals surface area contributed by atoms with Gasteiger partial charge in [-0.05, 0) is 36.4 Å². The number of halogens is 1. The highest BCUT2D eigenvalue weighted by Crippen LogP contribution is 2.24. The van der Waals surface area contributed by atoms with Gasteiger partial charge in [-0.3, -0.25) is 14.2 Å². The number of hydrogen-bond acceptors (Lipinski definition) is 8. The van der Waals surface area contributed by atoms with Gasteiger partial charge in [0.05, 0.1) is 12.3 Å². The van der Waals surface area contributed by atoms with Gasteiger partial charge in [-0.2, -0.15) is 0 Å². The Balaban J connectivity index is 1.42. The average molecular weight is 559 g/mol. The van der Waals surface area contributed by atoms with Crippen molar-refractivity contribution in [2.45, 2.75) is 11.7 Å². The Morgan fingerprint density at radius 3 is 2.59 bits per heavy atom.